The summed E-state index contributed by atoms with van der Waals surface area (Å²) in [7, 11) is 1.84. The van der Waals surface area contributed by atoms with E-state index in [4.69, 9.17) is 0 Å². The first-order valence-electron chi connectivity index (χ1n) is 6.95. The highest BCUT2D eigenvalue weighted by atomic mass is 15.3. The SMILES string of the molecule is CNc1nccc(N2Cc3ccccc3CC2(C)C)n1. The molecule has 1 aromatic carbocycles. The Bertz CT molecular complexity index is 621. The second kappa shape index (κ2) is 4.78. The molecule has 0 unspecified atom stereocenters. The van der Waals surface area contributed by atoms with Crippen molar-refractivity contribution in [2.75, 3.05) is 17.3 Å². The van der Waals surface area contributed by atoms with Crippen molar-refractivity contribution < 1.29 is 0 Å². The van der Waals surface area contributed by atoms with Crippen LogP contribution < -0.4 is 10.2 Å². The number of rotatable bonds is 2. The van der Waals surface area contributed by atoms with Gasteiger partial charge in [-0.1, -0.05) is 24.3 Å². The molecular weight excluding hydrogens is 248 g/mol. The third-order valence-corrected chi connectivity index (χ3v) is 3.94. The topological polar surface area (TPSA) is 41.1 Å². The van der Waals surface area contributed by atoms with E-state index in [9.17, 15) is 0 Å². The van der Waals surface area contributed by atoms with Gasteiger partial charge in [0, 0.05) is 25.3 Å². The minimum atomic E-state index is 0.0493. The molecule has 0 aliphatic carbocycles. The molecule has 0 spiro atoms. The highest BCUT2D eigenvalue weighted by Crippen LogP contribution is 2.33. The molecule has 1 aromatic heterocycles. The minimum Gasteiger partial charge on any atom is -0.357 e. The Kier molecular flexibility index (Phi) is 3.08. The zero-order chi connectivity index (χ0) is 14.2. The maximum absolute atomic E-state index is 4.59. The zero-order valence-electron chi connectivity index (χ0n) is 12.2. The van der Waals surface area contributed by atoms with E-state index in [1.54, 1.807) is 0 Å². The van der Waals surface area contributed by atoms with Gasteiger partial charge in [0.15, 0.2) is 0 Å². The van der Waals surface area contributed by atoms with Gasteiger partial charge in [-0.15, -0.1) is 0 Å². The number of hydrogen-bond donors (Lipinski definition) is 1. The van der Waals surface area contributed by atoms with Gasteiger partial charge in [0.2, 0.25) is 5.95 Å². The standard InChI is InChI=1S/C16H20N4/c1-16(2)10-12-6-4-5-7-13(12)11-20(16)14-8-9-18-15(17-3)19-14/h4-9H,10-11H2,1-3H3,(H,17,18,19). The third-order valence-electron chi connectivity index (χ3n) is 3.94. The lowest BCUT2D eigenvalue weighted by Crippen LogP contribution is -2.49. The molecule has 1 aliphatic rings. The zero-order valence-corrected chi connectivity index (χ0v) is 12.2. The largest absolute Gasteiger partial charge is 0.357 e. The first-order chi connectivity index (χ1) is 9.60. The van der Waals surface area contributed by atoms with Crippen LogP contribution in [0.2, 0.25) is 0 Å². The second-order valence-electron chi connectivity index (χ2n) is 5.83. The van der Waals surface area contributed by atoms with Crippen LogP contribution in [-0.2, 0) is 13.0 Å². The normalized spacial score (nSPS) is 16.6. The van der Waals surface area contributed by atoms with Crippen LogP contribution in [0.4, 0.5) is 11.8 Å². The fourth-order valence-electron chi connectivity index (χ4n) is 2.84. The van der Waals surface area contributed by atoms with E-state index >= 15 is 0 Å². The van der Waals surface area contributed by atoms with Crippen LogP contribution in [0.3, 0.4) is 0 Å². The lowest BCUT2D eigenvalue weighted by Gasteiger charge is -2.44. The number of nitrogens with one attached hydrogen (secondary N) is 1. The molecule has 4 nitrogen and oxygen atoms in total. The average molecular weight is 268 g/mol. The molecule has 1 aliphatic heterocycles. The summed E-state index contributed by atoms with van der Waals surface area (Å²) in [5, 5.41) is 3.00. The predicted molar refractivity (Wildman–Crippen MR) is 82.0 cm³/mol. The molecule has 1 N–H and O–H groups in total. The molecule has 0 saturated carbocycles. The Labute approximate surface area is 119 Å². The van der Waals surface area contributed by atoms with E-state index in [-0.39, 0.29) is 5.54 Å². The summed E-state index contributed by atoms with van der Waals surface area (Å²) in [5.41, 5.74) is 2.88. The summed E-state index contributed by atoms with van der Waals surface area (Å²) >= 11 is 0. The average Bonchev–Trinajstić information content (AvgIpc) is 2.45. The van der Waals surface area contributed by atoms with Gasteiger partial charge < -0.3 is 10.2 Å². The van der Waals surface area contributed by atoms with Crippen molar-refractivity contribution in [1.82, 2.24) is 9.97 Å². The molecule has 0 saturated heterocycles. The maximum Gasteiger partial charge on any atom is 0.224 e. The summed E-state index contributed by atoms with van der Waals surface area (Å²) in [5.74, 6) is 1.64. The van der Waals surface area contributed by atoms with E-state index in [0.717, 1.165) is 18.8 Å². The van der Waals surface area contributed by atoms with Crippen molar-refractivity contribution >= 4 is 11.8 Å². The smallest absolute Gasteiger partial charge is 0.224 e. The Hall–Kier alpha value is -2.10. The summed E-state index contributed by atoms with van der Waals surface area (Å²) in [6, 6.07) is 10.6. The Morgan fingerprint density at radius 2 is 1.90 bits per heavy atom. The molecule has 0 fully saturated rings. The number of aromatic nitrogens is 2. The van der Waals surface area contributed by atoms with Crippen molar-refractivity contribution in [3.63, 3.8) is 0 Å². The number of anilines is 2. The van der Waals surface area contributed by atoms with Gasteiger partial charge >= 0.3 is 0 Å². The van der Waals surface area contributed by atoms with E-state index in [1.165, 1.54) is 11.1 Å². The molecule has 0 amide bonds. The Morgan fingerprint density at radius 3 is 2.65 bits per heavy atom. The summed E-state index contributed by atoms with van der Waals surface area (Å²) in [6.07, 6.45) is 2.84. The summed E-state index contributed by atoms with van der Waals surface area (Å²) in [4.78, 5) is 11.1. The Morgan fingerprint density at radius 1 is 1.15 bits per heavy atom. The molecule has 2 aromatic rings. The molecule has 2 heterocycles. The van der Waals surface area contributed by atoms with Gasteiger partial charge in [0.1, 0.15) is 5.82 Å². The van der Waals surface area contributed by atoms with Gasteiger partial charge in [0.25, 0.3) is 0 Å². The molecule has 0 atom stereocenters. The first kappa shape index (κ1) is 12.9. The third kappa shape index (κ3) is 2.22. The van der Waals surface area contributed by atoms with E-state index in [1.807, 2.05) is 19.3 Å². The number of nitrogens with zero attached hydrogens (tertiary/aromatic N) is 3. The van der Waals surface area contributed by atoms with Crippen LogP contribution >= 0.6 is 0 Å². The molecule has 3 rings (SSSR count). The lowest BCUT2D eigenvalue weighted by molar-refractivity contribution is 0.427. The fraction of sp³-hybridized carbons (Fsp3) is 0.375. The van der Waals surface area contributed by atoms with Crippen molar-refractivity contribution in [1.29, 1.82) is 0 Å². The second-order valence-corrected chi connectivity index (χ2v) is 5.83. The van der Waals surface area contributed by atoms with Gasteiger partial charge in [-0.2, -0.15) is 4.98 Å². The monoisotopic (exact) mass is 268 g/mol. The van der Waals surface area contributed by atoms with Crippen LogP contribution in [0, 0.1) is 0 Å². The predicted octanol–water partition coefficient (Wildman–Crippen LogP) is 2.86. The fourth-order valence-corrected chi connectivity index (χ4v) is 2.84. The highest BCUT2D eigenvalue weighted by Gasteiger charge is 2.33. The summed E-state index contributed by atoms with van der Waals surface area (Å²) < 4.78 is 0. The van der Waals surface area contributed by atoms with Crippen LogP contribution in [0.1, 0.15) is 25.0 Å². The van der Waals surface area contributed by atoms with Crippen molar-refractivity contribution in [2.24, 2.45) is 0 Å². The molecule has 0 radical (unpaired) electrons. The highest BCUT2D eigenvalue weighted by molar-refractivity contribution is 5.49. The number of hydrogen-bond acceptors (Lipinski definition) is 4. The quantitative estimate of drug-likeness (QED) is 0.909. The summed E-state index contributed by atoms with van der Waals surface area (Å²) in [6.45, 7) is 5.43. The van der Waals surface area contributed by atoms with Crippen LogP contribution in [0.15, 0.2) is 36.5 Å². The van der Waals surface area contributed by atoms with Crippen molar-refractivity contribution in [3.05, 3.63) is 47.7 Å². The molecule has 4 heteroatoms. The van der Waals surface area contributed by atoms with Gasteiger partial charge in [-0.05, 0) is 37.5 Å². The van der Waals surface area contributed by atoms with E-state index in [0.29, 0.717) is 5.95 Å². The molecule has 0 bridgehead atoms. The van der Waals surface area contributed by atoms with Crippen LogP contribution in [0.5, 0.6) is 0 Å². The lowest BCUT2D eigenvalue weighted by atomic mass is 9.85. The van der Waals surface area contributed by atoms with Gasteiger partial charge in [-0.25, -0.2) is 4.98 Å². The molecular formula is C16H20N4. The molecule has 104 valence electrons. The first-order valence-corrected chi connectivity index (χ1v) is 6.95. The Balaban J connectivity index is 2.00. The van der Waals surface area contributed by atoms with E-state index in [2.05, 4.69) is 58.3 Å². The van der Waals surface area contributed by atoms with Crippen molar-refractivity contribution in [2.45, 2.75) is 32.4 Å². The number of benzene rings is 1. The minimum absolute atomic E-state index is 0.0493. The maximum atomic E-state index is 4.59. The van der Waals surface area contributed by atoms with Gasteiger partial charge in [-0.3, -0.25) is 0 Å². The molecule has 20 heavy (non-hydrogen) atoms. The van der Waals surface area contributed by atoms with Gasteiger partial charge in [0.05, 0.1) is 0 Å². The van der Waals surface area contributed by atoms with Crippen LogP contribution in [0.25, 0.3) is 0 Å². The van der Waals surface area contributed by atoms with Crippen molar-refractivity contribution in [3.8, 4) is 0 Å². The van der Waals surface area contributed by atoms with E-state index < -0.39 is 0 Å². The van der Waals surface area contributed by atoms with Crippen LogP contribution in [-0.4, -0.2) is 22.6 Å². The number of fused-ring (bicyclic) bond motifs is 1.